The number of carbonyl (C=O) groups is 2. The van der Waals surface area contributed by atoms with Crippen LogP contribution in [0.25, 0.3) is 0 Å². The summed E-state index contributed by atoms with van der Waals surface area (Å²) in [5.74, 6) is -0.488. The first-order valence-electron chi connectivity index (χ1n) is 6.64. The first-order valence-corrected chi connectivity index (χ1v) is 8.70. The Morgan fingerprint density at radius 2 is 1.95 bits per heavy atom. The third-order valence-electron chi connectivity index (χ3n) is 3.39. The van der Waals surface area contributed by atoms with Crippen LogP contribution in [0.1, 0.15) is 26.2 Å². The van der Waals surface area contributed by atoms with Crippen molar-refractivity contribution >= 4 is 21.8 Å². The molecule has 1 rings (SSSR count). The van der Waals surface area contributed by atoms with Gasteiger partial charge in [-0.15, -0.1) is 0 Å². The van der Waals surface area contributed by atoms with Crippen molar-refractivity contribution in [2.24, 2.45) is 11.8 Å². The molecule has 0 bridgehead atoms. The highest BCUT2D eigenvalue weighted by Crippen LogP contribution is 2.35. The predicted octanol–water partition coefficient (Wildman–Crippen LogP) is 0.220. The molecule has 8 heteroatoms. The molecule has 20 heavy (non-hydrogen) atoms. The second-order valence-electron chi connectivity index (χ2n) is 5.48. The number of hydrogen-bond donors (Lipinski definition) is 3. The molecule has 0 radical (unpaired) electrons. The summed E-state index contributed by atoms with van der Waals surface area (Å²) in [7, 11) is -3.25. The number of urea groups is 1. The van der Waals surface area contributed by atoms with Crippen molar-refractivity contribution in [1.82, 2.24) is 10.6 Å². The van der Waals surface area contributed by atoms with E-state index in [-0.39, 0.29) is 12.2 Å². The number of carboxylic acids is 1. The van der Waals surface area contributed by atoms with Crippen LogP contribution in [0.5, 0.6) is 0 Å². The average molecular weight is 306 g/mol. The SMILES string of the molecule is CC(CNC(=O)NC(CCS(C)(=O)=O)C(=O)O)C1CC1. The Bertz CT molecular complexity index is 458. The van der Waals surface area contributed by atoms with E-state index < -0.39 is 27.9 Å². The number of carboxylic acid groups (broad SMARTS) is 1. The molecule has 2 unspecified atom stereocenters. The van der Waals surface area contributed by atoms with Gasteiger partial charge in [0, 0.05) is 12.8 Å². The Morgan fingerprint density at radius 1 is 1.35 bits per heavy atom. The molecule has 7 nitrogen and oxygen atoms in total. The van der Waals surface area contributed by atoms with Crippen molar-refractivity contribution in [3.63, 3.8) is 0 Å². The van der Waals surface area contributed by atoms with E-state index in [1.165, 1.54) is 12.8 Å². The maximum atomic E-state index is 11.6. The van der Waals surface area contributed by atoms with E-state index in [1.54, 1.807) is 0 Å². The highest BCUT2D eigenvalue weighted by atomic mass is 32.2. The molecule has 0 heterocycles. The highest BCUT2D eigenvalue weighted by molar-refractivity contribution is 7.90. The number of rotatable bonds is 8. The van der Waals surface area contributed by atoms with E-state index in [2.05, 4.69) is 10.6 Å². The van der Waals surface area contributed by atoms with E-state index in [4.69, 9.17) is 5.11 Å². The molecule has 1 fully saturated rings. The molecule has 0 aliphatic heterocycles. The van der Waals surface area contributed by atoms with Gasteiger partial charge in [-0.3, -0.25) is 0 Å². The van der Waals surface area contributed by atoms with Gasteiger partial charge >= 0.3 is 12.0 Å². The number of carbonyl (C=O) groups excluding carboxylic acids is 1. The third-order valence-corrected chi connectivity index (χ3v) is 4.37. The van der Waals surface area contributed by atoms with Gasteiger partial charge in [-0.25, -0.2) is 18.0 Å². The van der Waals surface area contributed by atoms with Crippen molar-refractivity contribution in [3.05, 3.63) is 0 Å². The number of hydrogen-bond acceptors (Lipinski definition) is 4. The summed E-state index contributed by atoms with van der Waals surface area (Å²) in [5, 5.41) is 13.9. The molecule has 0 aromatic carbocycles. The fraction of sp³-hybridized carbons (Fsp3) is 0.833. The zero-order chi connectivity index (χ0) is 15.3. The largest absolute Gasteiger partial charge is 0.480 e. The van der Waals surface area contributed by atoms with Gasteiger partial charge in [0.1, 0.15) is 15.9 Å². The molecule has 1 aliphatic rings. The van der Waals surface area contributed by atoms with Crippen molar-refractivity contribution in [2.45, 2.75) is 32.2 Å². The van der Waals surface area contributed by atoms with Crippen molar-refractivity contribution < 1.29 is 23.1 Å². The summed E-state index contributed by atoms with van der Waals surface area (Å²) >= 11 is 0. The van der Waals surface area contributed by atoms with E-state index in [0.29, 0.717) is 18.4 Å². The molecule has 2 atom stereocenters. The summed E-state index contributed by atoms with van der Waals surface area (Å²) in [6, 6.07) is -1.76. The fourth-order valence-electron chi connectivity index (χ4n) is 1.88. The lowest BCUT2D eigenvalue weighted by Gasteiger charge is -2.16. The smallest absolute Gasteiger partial charge is 0.326 e. The van der Waals surface area contributed by atoms with Gasteiger partial charge in [-0.2, -0.15) is 0 Å². The Labute approximate surface area is 119 Å². The lowest BCUT2D eigenvalue weighted by molar-refractivity contribution is -0.139. The zero-order valence-electron chi connectivity index (χ0n) is 11.8. The minimum Gasteiger partial charge on any atom is -0.480 e. The summed E-state index contributed by atoms with van der Waals surface area (Å²) in [6.45, 7) is 2.53. The van der Waals surface area contributed by atoms with Crippen LogP contribution in [0.2, 0.25) is 0 Å². The van der Waals surface area contributed by atoms with Crippen molar-refractivity contribution in [1.29, 1.82) is 0 Å². The molecule has 0 aromatic heterocycles. The van der Waals surface area contributed by atoms with Gasteiger partial charge in [0.05, 0.1) is 5.75 Å². The first kappa shape index (κ1) is 16.7. The van der Waals surface area contributed by atoms with Gasteiger partial charge in [-0.1, -0.05) is 6.92 Å². The molecular weight excluding hydrogens is 284 g/mol. The van der Waals surface area contributed by atoms with E-state index >= 15 is 0 Å². The Balaban J connectivity index is 2.35. The number of aliphatic carboxylic acids is 1. The van der Waals surface area contributed by atoms with E-state index in [9.17, 15) is 18.0 Å². The minimum absolute atomic E-state index is 0.139. The van der Waals surface area contributed by atoms with Crippen LogP contribution < -0.4 is 10.6 Å². The molecule has 0 aromatic rings. The first-order chi connectivity index (χ1) is 9.19. The van der Waals surface area contributed by atoms with Crippen LogP contribution in [0.15, 0.2) is 0 Å². The standard InChI is InChI=1S/C12H22N2O5S/c1-8(9-3-4-9)7-13-12(17)14-10(11(15)16)5-6-20(2,18)19/h8-10H,3-7H2,1-2H3,(H,15,16)(H2,13,14,17). The van der Waals surface area contributed by atoms with Gasteiger partial charge in [-0.05, 0) is 31.1 Å². The molecular formula is C12H22N2O5S. The molecule has 116 valence electrons. The van der Waals surface area contributed by atoms with Crippen molar-refractivity contribution in [3.8, 4) is 0 Å². The Kier molecular flexibility index (Phi) is 5.79. The summed E-state index contributed by atoms with van der Waals surface area (Å²) in [6.07, 6.45) is 3.25. The lowest BCUT2D eigenvalue weighted by atomic mass is 10.1. The molecule has 2 amide bonds. The summed E-state index contributed by atoms with van der Waals surface area (Å²) in [5.41, 5.74) is 0. The monoisotopic (exact) mass is 306 g/mol. The number of sulfone groups is 1. The average Bonchev–Trinajstić information content (AvgIpc) is 3.13. The molecule has 3 N–H and O–H groups in total. The van der Waals surface area contributed by atoms with Gasteiger partial charge in [0.25, 0.3) is 0 Å². The topological polar surface area (TPSA) is 113 Å². The number of nitrogens with one attached hydrogen (secondary N) is 2. The van der Waals surface area contributed by atoms with Gasteiger partial charge < -0.3 is 15.7 Å². The lowest BCUT2D eigenvalue weighted by Crippen LogP contribution is -2.47. The van der Waals surface area contributed by atoms with Crippen LogP contribution >= 0.6 is 0 Å². The van der Waals surface area contributed by atoms with Crippen molar-refractivity contribution in [2.75, 3.05) is 18.6 Å². The van der Waals surface area contributed by atoms with Crippen LogP contribution in [0, 0.1) is 11.8 Å². The quantitative estimate of drug-likeness (QED) is 0.594. The van der Waals surface area contributed by atoms with E-state index in [0.717, 1.165) is 6.26 Å². The van der Waals surface area contributed by atoms with Gasteiger partial charge in [0.2, 0.25) is 0 Å². The minimum atomic E-state index is -3.25. The predicted molar refractivity (Wildman–Crippen MR) is 74.2 cm³/mol. The second kappa shape index (κ2) is 6.92. The van der Waals surface area contributed by atoms with Crippen LogP contribution in [-0.4, -0.2) is 50.1 Å². The molecule has 1 saturated carbocycles. The Hall–Kier alpha value is -1.31. The van der Waals surface area contributed by atoms with Crippen LogP contribution in [-0.2, 0) is 14.6 Å². The highest BCUT2D eigenvalue weighted by Gasteiger charge is 2.28. The third kappa shape index (κ3) is 6.74. The van der Waals surface area contributed by atoms with Crippen LogP contribution in [0.3, 0.4) is 0 Å². The maximum absolute atomic E-state index is 11.6. The van der Waals surface area contributed by atoms with E-state index in [1.807, 2.05) is 6.92 Å². The zero-order valence-corrected chi connectivity index (χ0v) is 12.6. The second-order valence-corrected chi connectivity index (χ2v) is 7.74. The van der Waals surface area contributed by atoms with Gasteiger partial charge in [0.15, 0.2) is 0 Å². The molecule has 0 saturated heterocycles. The summed E-state index contributed by atoms with van der Waals surface area (Å²) < 4.78 is 22.0. The maximum Gasteiger partial charge on any atom is 0.326 e. The Morgan fingerprint density at radius 3 is 2.40 bits per heavy atom. The fourth-order valence-corrected chi connectivity index (χ4v) is 2.55. The number of amides is 2. The summed E-state index contributed by atoms with van der Waals surface area (Å²) in [4.78, 5) is 22.6. The molecule has 0 spiro atoms. The normalized spacial score (nSPS) is 18.1. The molecule has 1 aliphatic carbocycles. The van der Waals surface area contributed by atoms with Crippen LogP contribution in [0.4, 0.5) is 4.79 Å².